The summed E-state index contributed by atoms with van der Waals surface area (Å²) in [6, 6.07) is 17.5. The van der Waals surface area contributed by atoms with E-state index in [1.165, 1.54) is 11.9 Å². The second-order valence-corrected chi connectivity index (χ2v) is 5.87. The fraction of sp³-hybridized carbons (Fsp3) is 0.111. The zero-order valence-electron chi connectivity index (χ0n) is 13.3. The van der Waals surface area contributed by atoms with Crippen molar-refractivity contribution in [3.8, 4) is 0 Å². The molecule has 3 aromatic rings. The molecular formula is C18H18ClN5. The molecule has 3 rings (SSSR count). The summed E-state index contributed by atoms with van der Waals surface area (Å²) in [6.07, 6.45) is 1.51. The van der Waals surface area contributed by atoms with Gasteiger partial charge in [0.1, 0.15) is 12.0 Å². The van der Waals surface area contributed by atoms with Gasteiger partial charge in [-0.3, -0.25) is 0 Å². The Labute approximate surface area is 146 Å². The largest absolute Gasteiger partial charge is 0.393 e. The molecule has 122 valence electrons. The standard InChI is InChI=1S/C18H18ClN5/c1-24(11-13-5-3-2-4-6-13)18-16(20)17(21-12-22-18)23-15-9-7-14(19)8-10-15/h2-10,12H,11,20H2,1H3,(H,21,22,23). The molecule has 3 N–H and O–H groups in total. The van der Waals surface area contributed by atoms with Crippen molar-refractivity contribution in [1.29, 1.82) is 0 Å². The molecule has 1 aromatic heterocycles. The summed E-state index contributed by atoms with van der Waals surface area (Å²) in [5.41, 5.74) is 8.81. The van der Waals surface area contributed by atoms with Crippen molar-refractivity contribution in [3.63, 3.8) is 0 Å². The van der Waals surface area contributed by atoms with Crippen LogP contribution in [0.2, 0.25) is 5.02 Å². The van der Waals surface area contributed by atoms with Gasteiger partial charge in [-0.15, -0.1) is 0 Å². The van der Waals surface area contributed by atoms with Crippen LogP contribution in [-0.2, 0) is 6.54 Å². The van der Waals surface area contributed by atoms with Gasteiger partial charge in [-0.25, -0.2) is 9.97 Å². The van der Waals surface area contributed by atoms with Crippen molar-refractivity contribution in [1.82, 2.24) is 9.97 Å². The maximum absolute atomic E-state index is 6.26. The smallest absolute Gasteiger partial charge is 0.159 e. The molecule has 0 radical (unpaired) electrons. The fourth-order valence-corrected chi connectivity index (χ4v) is 2.52. The number of nitrogen functional groups attached to an aromatic ring is 1. The van der Waals surface area contributed by atoms with Crippen molar-refractivity contribution in [3.05, 3.63) is 71.5 Å². The van der Waals surface area contributed by atoms with Crippen molar-refractivity contribution in [2.45, 2.75) is 6.54 Å². The van der Waals surface area contributed by atoms with Gasteiger partial charge in [0.05, 0.1) is 0 Å². The zero-order valence-corrected chi connectivity index (χ0v) is 14.0. The van der Waals surface area contributed by atoms with Crippen molar-refractivity contribution < 1.29 is 0 Å². The highest BCUT2D eigenvalue weighted by atomic mass is 35.5. The number of anilines is 4. The first-order chi connectivity index (χ1) is 11.6. The molecule has 2 aromatic carbocycles. The second-order valence-electron chi connectivity index (χ2n) is 5.43. The van der Waals surface area contributed by atoms with Gasteiger partial charge in [-0.2, -0.15) is 0 Å². The van der Waals surface area contributed by atoms with E-state index in [0.717, 1.165) is 5.69 Å². The van der Waals surface area contributed by atoms with Crippen LogP contribution >= 0.6 is 11.6 Å². The van der Waals surface area contributed by atoms with E-state index in [0.29, 0.717) is 28.9 Å². The molecular weight excluding hydrogens is 322 g/mol. The number of benzene rings is 2. The number of nitrogens with zero attached hydrogens (tertiary/aromatic N) is 3. The summed E-state index contributed by atoms with van der Waals surface area (Å²) in [5, 5.41) is 3.88. The molecule has 0 fully saturated rings. The summed E-state index contributed by atoms with van der Waals surface area (Å²) >= 11 is 5.90. The van der Waals surface area contributed by atoms with E-state index in [-0.39, 0.29) is 0 Å². The number of hydrogen-bond acceptors (Lipinski definition) is 5. The average Bonchev–Trinajstić information content (AvgIpc) is 2.59. The summed E-state index contributed by atoms with van der Waals surface area (Å²) in [4.78, 5) is 10.6. The Hall–Kier alpha value is -2.79. The minimum absolute atomic E-state index is 0.505. The van der Waals surface area contributed by atoms with Gasteiger partial charge < -0.3 is 16.0 Å². The van der Waals surface area contributed by atoms with E-state index in [9.17, 15) is 0 Å². The number of halogens is 1. The first-order valence-electron chi connectivity index (χ1n) is 7.51. The van der Waals surface area contributed by atoms with E-state index in [1.54, 1.807) is 0 Å². The van der Waals surface area contributed by atoms with Crippen LogP contribution in [0.3, 0.4) is 0 Å². The predicted octanol–water partition coefficient (Wildman–Crippen LogP) is 4.09. The molecule has 24 heavy (non-hydrogen) atoms. The Bertz CT molecular complexity index is 805. The van der Waals surface area contributed by atoms with Crippen LogP contribution in [-0.4, -0.2) is 17.0 Å². The summed E-state index contributed by atoms with van der Waals surface area (Å²) in [7, 11) is 1.96. The van der Waals surface area contributed by atoms with Crippen LogP contribution in [0.1, 0.15) is 5.56 Å². The number of rotatable bonds is 5. The molecule has 0 aliphatic carbocycles. The SMILES string of the molecule is CN(Cc1ccccc1)c1ncnc(Nc2ccc(Cl)cc2)c1N. The highest BCUT2D eigenvalue weighted by Crippen LogP contribution is 2.28. The van der Waals surface area contributed by atoms with Gasteiger partial charge in [0.2, 0.25) is 0 Å². The average molecular weight is 340 g/mol. The van der Waals surface area contributed by atoms with E-state index >= 15 is 0 Å². The third-order valence-corrected chi connectivity index (χ3v) is 3.85. The minimum Gasteiger partial charge on any atom is -0.393 e. The highest BCUT2D eigenvalue weighted by molar-refractivity contribution is 6.30. The Balaban J connectivity index is 1.81. The van der Waals surface area contributed by atoms with Crippen LogP contribution in [0.4, 0.5) is 23.0 Å². The summed E-state index contributed by atoms with van der Waals surface area (Å²) in [6.45, 7) is 0.711. The third kappa shape index (κ3) is 3.75. The zero-order chi connectivity index (χ0) is 16.9. The van der Waals surface area contributed by atoms with Gasteiger partial charge in [0.15, 0.2) is 11.6 Å². The molecule has 1 heterocycles. The number of hydrogen-bond donors (Lipinski definition) is 2. The molecule has 0 amide bonds. The Morgan fingerprint density at radius 3 is 2.46 bits per heavy atom. The lowest BCUT2D eigenvalue weighted by molar-refractivity contribution is 0.894. The first-order valence-corrected chi connectivity index (χ1v) is 7.89. The lowest BCUT2D eigenvalue weighted by atomic mass is 10.2. The number of nitrogens with one attached hydrogen (secondary N) is 1. The molecule has 0 spiro atoms. The Kier molecular flexibility index (Phi) is 4.82. The van der Waals surface area contributed by atoms with E-state index in [1.807, 2.05) is 54.4 Å². The van der Waals surface area contributed by atoms with Gasteiger partial charge in [-0.1, -0.05) is 41.9 Å². The second kappa shape index (κ2) is 7.19. The Morgan fingerprint density at radius 1 is 1.04 bits per heavy atom. The molecule has 0 saturated heterocycles. The maximum Gasteiger partial charge on any atom is 0.159 e. The topological polar surface area (TPSA) is 67.1 Å². The monoisotopic (exact) mass is 339 g/mol. The van der Waals surface area contributed by atoms with Crippen LogP contribution in [0.5, 0.6) is 0 Å². The molecule has 0 atom stereocenters. The lowest BCUT2D eigenvalue weighted by Gasteiger charge is -2.21. The van der Waals surface area contributed by atoms with E-state index in [4.69, 9.17) is 17.3 Å². The molecule has 0 aliphatic rings. The van der Waals surface area contributed by atoms with Gasteiger partial charge >= 0.3 is 0 Å². The number of aromatic nitrogens is 2. The predicted molar refractivity (Wildman–Crippen MR) is 99.7 cm³/mol. The maximum atomic E-state index is 6.26. The molecule has 0 unspecified atom stereocenters. The third-order valence-electron chi connectivity index (χ3n) is 3.59. The van der Waals surface area contributed by atoms with E-state index < -0.39 is 0 Å². The first kappa shape index (κ1) is 16.1. The van der Waals surface area contributed by atoms with Gasteiger partial charge in [0, 0.05) is 24.3 Å². The minimum atomic E-state index is 0.505. The van der Waals surface area contributed by atoms with E-state index in [2.05, 4.69) is 27.4 Å². The van der Waals surface area contributed by atoms with Crippen LogP contribution < -0.4 is 16.0 Å². The van der Waals surface area contributed by atoms with Crippen LogP contribution in [0, 0.1) is 0 Å². The molecule has 5 nitrogen and oxygen atoms in total. The Morgan fingerprint density at radius 2 is 1.75 bits per heavy atom. The fourth-order valence-electron chi connectivity index (χ4n) is 2.39. The molecule has 0 bridgehead atoms. The molecule has 0 saturated carbocycles. The number of nitrogens with two attached hydrogens (primary N) is 1. The van der Waals surface area contributed by atoms with Crippen molar-refractivity contribution in [2.24, 2.45) is 0 Å². The molecule has 6 heteroatoms. The van der Waals surface area contributed by atoms with Crippen molar-refractivity contribution >= 4 is 34.6 Å². The quantitative estimate of drug-likeness (QED) is 0.732. The highest BCUT2D eigenvalue weighted by Gasteiger charge is 2.12. The van der Waals surface area contributed by atoms with Gasteiger partial charge in [-0.05, 0) is 29.8 Å². The summed E-state index contributed by atoms with van der Waals surface area (Å²) < 4.78 is 0. The van der Waals surface area contributed by atoms with Crippen molar-refractivity contribution in [2.75, 3.05) is 23.0 Å². The summed E-state index contributed by atoms with van der Waals surface area (Å²) in [5.74, 6) is 1.26. The molecule has 0 aliphatic heterocycles. The lowest BCUT2D eigenvalue weighted by Crippen LogP contribution is -2.20. The normalized spacial score (nSPS) is 10.4. The van der Waals surface area contributed by atoms with Crippen LogP contribution in [0.15, 0.2) is 60.9 Å². The van der Waals surface area contributed by atoms with Crippen LogP contribution in [0.25, 0.3) is 0 Å². The van der Waals surface area contributed by atoms with Gasteiger partial charge in [0.25, 0.3) is 0 Å².